The monoisotopic (exact) mass is 416 g/mol. The van der Waals surface area contributed by atoms with E-state index in [2.05, 4.69) is 36.8 Å². The molecule has 0 saturated carbocycles. The molecule has 0 bridgehead atoms. The Morgan fingerprint density at radius 2 is 1.80 bits per heavy atom. The largest absolute Gasteiger partial charge is 0.292 e. The van der Waals surface area contributed by atoms with Crippen LogP contribution in [0.4, 0.5) is 4.39 Å². The van der Waals surface area contributed by atoms with Gasteiger partial charge in [-0.25, -0.2) is 9.37 Å². The summed E-state index contributed by atoms with van der Waals surface area (Å²) in [6.07, 6.45) is 0. The second-order valence-corrected chi connectivity index (χ2v) is 6.32. The maximum Gasteiger partial charge on any atom is 0.148 e. The topological polar surface area (TPSA) is 17.8 Å². The predicted molar refractivity (Wildman–Crippen MR) is 86.0 cm³/mol. The van der Waals surface area contributed by atoms with Crippen molar-refractivity contribution in [2.24, 2.45) is 0 Å². The molecule has 0 fully saturated rings. The summed E-state index contributed by atoms with van der Waals surface area (Å²) in [7, 11) is 0. The number of nitrogens with zero attached hydrogens (tertiary/aromatic N) is 2. The van der Waals surface area contributed by atoms with E-state index in [9.17, 15) is 4.39 Å². The first-order valence-corrected chi connectivity index (χ1v) is 7.90. The molecule has 3 rings (SSSR count). The molecule has 2 nitrogen and oxygen atoms in total. The number of hydrogen-bond acceptors (Lipinski definition) is 1. The summed E-state index contributed by atoms with van der Waals surface area (Å²) in [5.74, 6) is 0.493. The van der Waals surface area contributed by atoms with Gasteiger partial charge in [0.2, 0.25) is 0 Å². The highest BCUT2D eigenvalue weighted by atomic mass is 79.9. The lowest BCUT2D eigenvalue weighted by Crippen LogP contribution is -2.02. The second-order valence-electron chi connectivity index (χ2n) is 4.23. The SMILES string of the molecule is Fc1cc(Br)ccc1-n1c(CCl)nc2ccc(Br)cc21. The molecular weight excluding hydrogens is 410 g/mol. The van der Waals surface area contributed by atoms with Gasteiger partial charge in [-0.15, -0.1) is 11.6 Å². The van der Waals surface area contributed by atoms with E-state index in [1.807, 2.05) is 18.2 Å². The zero-order valence-electron chi connectivity index (χ0n) is 10.1. The average Bonchev–Trinajstić information content (AvgIpc) is 2.76. The van der Waals surface area contributed by atoms with Crippen LogP contribution in [0.5, 0.6) is 0 Å². The normalized spacial score (nSPS) is 11.2. The van der Waals surface area contributed by atoms with Gasteiger partial charge in [0.05, 0.1) is 22.6 Å². The summed E-state index contributed by atoms with van der Waals surface area (Å²) in [5, 5.41) is 0. The van der Waals surface area contributed by atoms with Crippen LogP contribution in [0.2, 0.25) is 0 Å². The van der Waals surface area contributed by atoms with E-state index in [4.69, 9.17) is 11.6 Å². The Morgan fingerprint density at radius 1 is 1.10 bits per heavy atom. The molecule has 102 valence electrons. The number of halogens is 4. The Labute approximate surface area is 136 Å². The third-order valence-electron chi connectivity index (χ3n) is 2.96. The van der Waals surface area contributed by atoms with Crippen LogP contribution >= 0.6 is 43.5 Å². The molecule has 0 aliphatic heterocycles. The van der Waals surface area contributed by atoms with Crippen molar-refractivity contribution in [1.82, 2.24) is 9.55 Å². The molecule has 0 amide bonds. The van der Waals surface area contributed by atoms with Crippen molar-refractivity contribution in [3.05, 3.63) is 57.0 Å². The van der Waals surface area contributed by atoms with Crippen molar-refractivity contribution in [2.75, 3.05) is 0 Å². The summed E-state index contributed by atoms with van der Waals surface area (Å²) < 4.78 is 17.6. The fraction of sp³-hybridized carbons (Fsp3) is 0.0714. The number of imidazole rings is 1. The maximum absolute atomic E-state index is 14.2. The molecule has 0 unspecified atom stereocenters. The van der Waals surface area contributed by atoms with Crippen molar-refractivity contribution < 1.29 is 4.39 Å². The summed E-state index contributed by atoms with van der Waals surface area (Å²) in [5.41, 5.74) is 2.03. The molecule has 0 aliphatic rings. The first-order chi connectivity index (χ1) is 9.60. The fourth-order valence-corrected chi connectivity index (χ4v) is 2.98. The summed E-state index contributed by atoms with van der Waals surface area (Å²) in [6, 6.07) is 10.6. The molecule has 3 aromatic rings. The van der Waals surface area contributed by atoms with Gasteiger partial charge in [-0.05, 0) is 36.4 Å². The Morgan fingerprint density at radius 3 is 2.50 bits per heavy atom. The Hall–Kier alpha value is -0.910. The van der Waals surface area contributed by atoms with Gasteiger partial charge in [0.15, 0.2) is 0 Å². The second kappa shape index (κ2) is 5.47. The van der Waals surface area contributed by atoms with Gasteiger partial charge in [-0.2, -0.15) is 0 Å². The van der Waals surface area contributed by atoms with Gasteiger partial charge in [0, 0.05) is 8.95 Å². The Bertz CT molecular complexity index is 801. The predicted octanol–water partition coefficient (Wildman–Crippen LogP) is 5.43. The molecule has 0 saturated heterocycles. The van der Waals surface area contributed by atoms with Crippen LogP contribution in [0.15, 0.2) is 45.3 Å². The highest BCUT2D eigenvalue weighted by Gasteiger charge is 2.15. The van der Waals surface area contributed by atoms with Gasteiger partial charge in [0.25, 0.3) is 0 Å². The first kappa shape index (κ1) is 14.0. The highest BCUT2D eigenvalue weighted by molar-refractivity contribution is 9.10. The Kier molecular flexibility index (Phi) is 3.84. The lowest BCUT2D eigenvalue weighted by atomic mass is 10.2. The number of fused-ring (bicyclic) bond motifs is 1. The van der Waals surface area contributed by atoms with Crippen molar-refractivity contribution in [3.63, 3.8) is 0 Å². The van der Waals surface area contributed by atoms with E-state index in [-0.39, 0.29) is 11.7 Å². The molecule has 0 spiro atoms. The van der Waals surface area contributed by atoms with Crippen molar-refractivity contribution >= 4 is 54.5 Å². The van der Waals surface area contributed by atoms with Crippen molar-refractivity contribution in [1.29, 1.82) is 0 Å². The van der Waals surface area contributed by atoms with E-state index < -0.39 is 0 Å². The number of benzene rings is 2. The molecule has 0 radical (unpaired) electrons. The third kappa shape index (κ3) is 2.38. The Balaban J connectivity index is 2.36. The van der Waals surface area contributed by atoms with Gasteiger partial charge in [0.1, 0.15) is 11.6 Å². The molecular formula is C14H8Br2ClFN2. The molecule has 1 aromatic heterocycles. The highest BCUT2D eigenvalue weighted by Crippen LogP contribution is 2.28. The number of rotatable bonds is 2. The molecule has 20 heavy (non-hydrogen) atoms. The summed E-state index contributed by atoms with van der Waals surface area (Å²) in [4.78, 5) is 4.44. The fourth-order valence-electron chi connectivity index (χ4n) is 2.12. The molecule has 1 heterocycles. The summed E-state index contributed by atoms with van der Waals surface area (Å²) >= 11 is 12.6. The summed E-state index contributed by atoms with van der Waals surface area (Å²) in [6.45, 7) is 0. The lowest BCUT2D eigenvalue weighted by Gasteiger charge is -2.09. The van der Waals surface area contributed by atoms with Crippen LogP contribution < -0.4 is 0 Å². The smallest absolute Gasteiger partial charge is 0.148 e. The van der Waals surface area contributed by atoms with E-state index in [0.717, 1.165) is 15.5 Å². The van der Waals surface area contributed by atoms with Gasteiger partial charge < -0.3 is 0 Å². The first-order valence-electron chi connectivity index (χ1n) is 5.78. The van der Waals surface area contributed by atoms with E-state index in [0.29, 0.717) is 16.0 Å². The number of hydrogen-bond donors (Lipinski definition) is 0. The molecule has 2 aromatic carbocycles. The van der Waals surface area contributed by atoms with Crippen LogP contribution in [-0.4, -0.2) is 9.55 Å². The van der Waals surface area contributed by atoms with Crippen LogP contribution in [0.1, 0.15) is 5.82 Å². The zero-order valence-corrected chi connectivity index (χ0v) is 14.0. The minimum atomic E-state index is -0.329. The van der Waals surface area contributed by atoms with Gasteiger partial charge >= 0.3 is 0 Å². The minimum Gasteiger partial charge on any atom is -0.292 e. The van der Waals surface area contributed by atoms with Crippen LogP contribution in [-0.2, 0) is 5.88 Å². The van der Waals surface area contributed by atoms with Crippen LogP contribution in [0, 0.1) is 5.82 Å². The molecule has 0 N–H and O–H groups in total. The lowest BCUT2D eigenvalue weighted by molar-refractivity contribution is 0.617. The molecule has 6 heteroatoms. The zero-order chi connectivity index (χ0) is 14.3. The number of aromatic nitrogens is 2. The minimum absolute atomic E-state index is 0.210. The molecule has 0 aliphatic carbocycles. The van der Waals surface area contributed by atoms with E-state index in [1.165, 1.54) is 6.07 Å². The van der Waals surface area contributed by atoms with E-state index in [1.54, 1.807) is 16.7 Å². The maximum atomic E-state index is 14.2. The van der Waals surface area contributed by atoms with Crippen molar-refractivity contribution in [3.8, 4) is 5.69 Å². The van der Waals surface area contributed by atoms with Gasteiger partial charge in [-0.3, -0.25) is 4.57 Å². The quantitative estimate of drug-likeness (QED) is 0.508. The van der Waals surface area contributed by atoms with Crippen LogP contribution in [0.3, 0.4) is 0 Å². The van der Waals surface area contributed by atoms with E-state index >= 15 is 0 Å². The van der Waals surface area contributed by atoms with Crippen LogP contribution in [0.25, 0.3) is 16.7 Å². The average molecular weight is 418 g/mol. The number of alkyl halides is 1. The van der Waals surface area contributed by atoms with Crippen molar-refractivity contribution in [2.45, 2.75) is 5.88 Å². The molecule has 0 atom stereocenters. The van der Waals surface area contributed by atoms with Gasteiger partial charge in [-0.1, -0.05) is 31.9 Å². The standard InChI is InChI=1S/C14H8Br2ClFN2/c15-8-2-4-12(10(18)5-8)20-13-6-9(16)1-3-11(13)19-14(20)7-17/h1-6H,7H2. The third-order valence-corrected chi connectivity index (χ3v) is 4.18.